The van der Waals surface area contributed by atoms with E-state index in [1.165, 1.54) is 24.2 Å². The second kappa shape index (κ2) is 12.1. The van der Waals surface area contributed by atoms with Gasteiger partial charge in [-0.25, -0.2) is 14.2 Å². The number of ether oxygens (including phenoxy) is 1. The number of aliphatic hydroxyl groups is 1. The van der Waals surface area contributed by atoms with Crippen molar-refractivity contribution in [3.05, 3.63) is 24.0 Å². The van der Waals surface area contributed by atoms with Crippen molar-refractivity contribution in [1.82, 2.24) is 15.6 Å². The zero-order valence-electron chi connectivity index (χ0n) is 17.5. The summed E-state index contributed by atoms with van der Waals surface area (Å²) < 4.78 is 20.0. The van der Waals surface area contributed by atoms with Crippen LogP contribution >= 0.6 is 12.2 Å². The third-order valence-corrected chi connectivity index (χ3v) is 4.72. The van der Waals surface area contributed by atoms with Gasteiger partial charge in [-0.1, -0.05) is 0 Å². The summed E-state index contributed by atoms with van der Waals surface area (Å²) >= 11 is 5.18. The van der Waals surface area contributed by atoms with Gasteiger partial charge in [-0.2, -0.15) is 5.10 Å². The van der Waals surface area contributed by atoms with Crippen molar-refractivity contribution in [2.45, 2.75) is 13.0 Å². The number of likely N-dealkylation sites (N-methyl/N-ethyl adjacent to an activating group) is 1. The smallest absolute Gasteiger partial charge is 0.414 e. The van der Waals surface area contributed by atoms with E-state index in [4.69, 9.17) is 26.9 Å². The number of aliphatic hydroxyl groups excluding tert-OH is 1. The number of thiocarbonyl (C=S) groups is 1. The number of aldehydes is 1. The van der Waals surface area contributed by atoms with E-state index in [1.807, 2.05) is 0 Å². The lowest BCUT2D eigenvalue weighted by atomic mass is 10.2. The maximum Gasteiger partial charge on any atom is 0.414 e. The minimum Gasteiger partial charge on any atom is -0.443 e. The number of hydrogen-bond donors (Lipinski definition) is 3. The van der Waals surface area contributed by atoms with Gasteiger partial charge in [0.15, 0.2) is 5.11 Å². The first-order valence-corrected chi connectivity index (χ1v) is 10.1. The largest absolute Gasteiger partial charge is 0.443 e. The van der Waals surface area contributed by atoms with Crippen LogP contribution in [0.25, 0.3) is 0 Å². The number of carbonyl (C=O) groups excluding carboxylic acids is 2. The number of anilines is 2. The highest BCUT2D eigenvalue weighted by molar-refractivity contribution is 7.80. The summed E-state index contributed by atoms with van der Waals surface area (Å²) in [4.78, 5) is 23.9. The van der Waals surface area contributed by atoms with Gasteiger partial charge in [0.2, 0.25) is 0 Å². The summed E-state index contributed by atoms with van der Waals surface area (Å²) in [5, 5.41) is 20.9. The fraction of sp³-hybridized carbons (Fsp3) is 0.474. The van der Waals surface area contributed by atoms with Gasteiger partial charge in [-0.05, 0) is 44.4 Å². The normalized spacial score (nSPS) is 17.7. The summed E-state index contributed by atoms with van der Waals surface area (Å²) in [6.07, 6.45) is 1.51. The number of halogens is 1. The first-order chi connectivity index (χ1) is 14.9. The molecule has 0 bridgehead atoms. The summed E-state index contributed by atoms with van der Waals surface area (Å²) in [5.41, 5.74) is 0.815. The van der Waals surface area contributed by atoms with Crippen LogP contribution < -0.4 is 20.4 Å². The van der Waals surface area contributed by atoms with Crippen LogP contribution in [0.5, 0.6) is 0 Å². The van der Waals surface area contributed by atoms with E-state index in [0.29, 0.717) is 49.2 Å². The van der Waals surface area contributed by atoms with Gasteiger partial charge in [0.05, 0.1) is 31.1 Å². The standard InChI is InChI=1S/C17H23FN6O3S.C2H4O/c1-19-9-13-10-23(17(26)27-13)12-2-3-15(14(18)8-12)22-5-6-24(21-11-22)16(28)20-4-7-25;1-2-3/h2-3,8,11,13,19,25H,4-7,9-10H2,1H3,(H,20,28);2H,1H3. The average molecular weight is 455 g/mol. The fourth-order valence-electron chi connectivity index (χ4n) is 3.00. The molecule has 1 amide bonds. The van der Waals surface area contributed by atoms with Crippen LogP contribution in [0.1, 0.15) is 6.92 Å². The van der Waals surface area contributed by atoms with Crippen LogP contribution in [0.15, 0.2) is 23.3 Å². The lowest BCUT2D eigenvalue weighted by Gasteiger charge is -2.30. The second-order valence-corrected chi connectivity index (χ2v) is 6.94. The summed E-state index contributed by atoms with van der Waals surface area (Å²) in [6, 6.07) is 4.63. The number of carbonyl (C=O) groups is 2. The molecule has 1 fully saturated rings. The number of cyclic esters (lactones) is 1. The Labute approximate surface area is 185 Å². The van der Waals surface area contributed by atoms with Gasteiger partial charge in [0.1, 0.15) is 24.5 Å². The zero-order valence-corrected chi connectivity index (χ0v) is 18.3. The van der Waals surface area contributed by atoms with E-state index < -0.39 is 11.9 Å². The van der Waals surface area contributed by atoms with Crippen molar-refractivity contribution in [3.63, 3.8) is 0 Å². The lowest BCUT2D eigenvalue weighted by molar-refractivity contribution is -0.106. The Morgan fingerprint density at radius 3 is 2.77 bits per heavy atom. The first kappa shape index (κ1) is 24.4. The summed E-state index contributed by atoms with van der Waals surface area (Å²) in [7, 11) is 1.78. The molecule has 0 radical (unpaired) electrons. The molecule has 170 valence electrons. The molecule has 2 aliphatic rings. The molecule has 3 rings (SSSR count). The Balaban J connectivity index is 0.00000107. The Kier molecular flexibility index (Phi) is 9.56. The molecule has 3 N–H and O–H groups in total. The molecule has 0 aliphatic carbocycles. The number of rotatable bonds is 6. The van der Waals surface area contributed by atoms with Crippen LogP contribution in [0, 0.1) is 5.82 Å². The molecular formula is C19H27FN6O4S. The highest BCUT2D eigenvalue weighted by atomic mass is 32.1. The predicted molar refractivity (Wildman–Crippen MR) is 120 cm³/mol. The van der Waals surface area contributed by atoms with Crippen LogP contribution in [0.2, 0.25) is 0 Å². The first-order valence-electron chi connectivity index (χ1n) is 9.74. The average Bonchev–Trinajstić information content (AvgIpc) is 3.13. The van der Waals surface area contributed by atoms with Gasteiger partial charge in [-0.3, -0.25) is 4.90 Å². The molecule has 10 nitrogen and oxygen atoms in total. The van der Waals surface area contributed by atoms with Gasteiger partial charge < -0.3 is 30.2 Å². The Hall–Kier alpha value is -2.83. The number of amides is 1. The molecule has 1 atom stereocenters. The second-order valence-electron chi connectivity index (χ2n) is 6.55. The lowest BCUT2D eigenvalue weighted by Crippen LogP contribution is -2.45. The molecule has 1 aromatic rings. The minimum absolute atomic E-state index is 0.0261. The van der Waals surface area contributed by atoms with E-state index >= 15 is 0 Å². The van der Waals surface area contributed by atoms with Gasteiger partial charge in [0.25, 0.3) is 0 Å². The third-order valence-electron chi connectivity index (χ3n) is 4.36. The number of hydrogen-bond acceptors (Lipinski definition) is 8. The van der Waals surface area contributed by atoms with E-state index in [9.17, 15) is 9.18 Å². The fourth-order valence-corrected chi connectivity index (χ4v) is 3.24. The van der Waals surface area contributed by atoms with Crippen molar-refractivity contribution >= 4 is 47.4 Å². The molecule has 2 heterocycles. The van der Waals surface area contributed by atoms with E-state index in [0.717, 1.165) is 6.29 Å². The number of benzene rings is 1. The highest BCUT2D eigenvalue weighted by Gasteiger charge is 2.32. The Morgan fingerprint density at radius 2 is 2.19 bits per heavy atom. The number of nitrogens with zero attached hydrogens (tertiary/aromatic N) is 4. The molecule has 12 heteroatoms. The Bertz CT molecular complexity index is 812. The van der Waals surface area contributed by atoms with Crippen molar-refractivity contribution < 1.29 is 23.8 Å². The van der Waals surface area contributed by atoms with Crippen LogP contribution in [-0.4, -0.2) is 86.4 Å². The molecule has 0 saturated carbocycles. The molecule has 0 aromatic heterocycles. The molecule has 2 aliphatic heterocycles. The van der Waals surface area contributed by atoms with Crippen LogP contribution in [-0.2, 0) is 9.53 Å². The maximum atomic E-state index is 14.7. The summed E-state index contributed by atoms with van der Waals surface area (Å²) in [6.45, 7) is 3.63. The van der Waals surface area contributed by atoms with Crippen molar-refractivity contribution in [2.24, 2.45) is 5.10 Å². The van der Waals surface area contributed by atoms with Gasteiger partial charge >= 0.3 is 6.09 Å². The van der Waals surface area contributed by atoms with Crippen molar-refractivity contribution in [1.29, 1.82) is 0 Å². The van der Waals surface area contributed by atoms with Crippen molar-refractivity contribution in [2.75, 3.05) is 56.2 Å². The molecule has 0 spiro atoms. The topological polar surface area (TPSA) is 110 Å². The molecule has 1 saturated heterocycles. The van der Waals surface area contributed by atoms with Gasteiger partial charge in [-0.15, -0.1) is 0 Å². The quantitative estimate of drug-likeness (QED) is 0.418. The summed E-state index contributed by atoms with van der Waals surface area (Å²) in [5.74, 6) is -0.455. The molecule has 31 heavy (non-hydrogen) atoms. The number of nitrogens with one attached hydrogen (secondary N) is 2. The van der Waals surface area contributed by atoms with Crippen LogP contribution in [0.4, 0.5) is 20.6 Å². The number of hydrazone groups is 1. The molecule has 1 aromatic carbocycles. The van der Waals surface area contributed by atoms with Crippen LogP contribution in [0.3, 0.4) is 0 Å². The Morgan fingerprint density at radius 1 is 1.45 bits per heavy atom. The van der Waals surface area contributed by atoms with E-state index in [-0.39, 0.29) is 12.7 Å². The zero-order chi connectivity index (χ0) is 22.8. The third kappa shape index (κ3) is 6.57. The molecule has 1 unspecified atom stereocenters. The highest BCUT2D eigenvalue weighted by Crippen LogP contribution is 2.28. The minimum atomic E-state index is -0.480. The predicted octanol–water partition coefficient (Wildman–Crippen LogP) is 0.508. The molecular weight excluding hydrogens is 427 g/mol. The maximum absolute atomic E-state index is 14.7. The van der Waals surface area contributed by atoms with Gasteiger partial charge in [0, 0.05) is 19.6 Å². The van der Waals surface area contributed by atoms with E-state index in [2.05, 4.69) is 15.7 Å². The SMILES string of the molecule is CC=O.CNCC1CN(c2ccc(N3C=NN(C(=S)NCCO)CC3)c(F)c2)C(=O)O1. The van der Waals surface area contributed by atoms with Crippen molar-refractivity contribution in [3.8, 4) is 0 Å². The monoisotopic (exact) mass is 454 g/mol. The van der Waals surface area contributed by atoms with E-state index in [1.54, 1.807) is 29.1 Å².